The second-order valence-electron chi connectivity index (χ2n) is 6.69. The molecule has 2 aromatic rings. The lowest BCUT2D eigenvalue weighted by Gasteiger charge is -2.14. The van der Waals surface area contributed by atoms with E-state index in [0.29, 0.717) is 5.56 Å². The Bertz CT molecular complexity index is 854. The van der Waals surface area contributed by atoms with Crippen molar-refractivity contribution in [3.8, 4) is 0 Å². The Labute approximate surface area is 142 Å². The van der Waals surface area contributed by atoms with Gasteiger partial charge < -0.3 is 4.74 Å². The summed E-state index contributed by atoms with van der Waals surface area (Å²) in [6.07, 6.45) is 2.69. The van der Waals surface area contributed by atoms with Crippen LogP contribution >= 0.6 is 0 Å². The molecule has 0 radical (unpaired) electrons. The number of carbonyl (C=O) groups is 2. The minimum atomic E-state index is -0.412. The van der Waals surface area contributed by atoms with Gasteiger partial charge in [-0.15, -0.1) is 5.10 Å². The fraction of sp³-hybridized carbons (Fsp3) is 0.412. The molecular formula is C17H15FN4O3. The first kappa shape index (κ1) is 14.7. The van der Waals surface area contributed by atoms with Crippen molar-refractivity contribution >= 4 is 17.8 Å². The maximum Gasteiger partial charge on any atom is 0.258 e. The van der Waals surface area contributed by atoms with Crippen LogP contribution in [-0.4, -0.2) is 38.8 Å². The second kappa shape index (κ2) is 5.19. The lowest BCUT2D eigenvalue weighted by Crippen LogP contribution is -2.35. The Morgan fingerprint density at radius 1 is 1.12 bits per heavy atom. The molecule has 128 valence electrons. The predicted molar refractivity (Wildman–Crippen MR) is 82.9 cm³/mol. The maximum absolute atomic E-state index is 13.8. The van der Waals surface area contributed by atoms with E-state index in [1.54, 1.807) is 18.2 Å². The largest absolute Gasteiger partial charge is 0.373 e. The molecule has 1 aromatic heterocycles. The fourth-order valence-electron chi connectivity index (χ4n) is 4.17. The number of carbonyl (C=O) groups excluding carboxylic acids is 2. The molecule has 8 heteroatoms. The molecule has 3 saturated heterocycles. The number of hydrogen-bond donors (Lipinski definition) is 0. The van der Waals surface area contributed by atoms with Gasteiger partial charge in [-0.2, -0.15) is 4.98 Å². The summed E-state index contributed by atoms with van der Waals surface area (Å²) in [4.78, 5) is 30.5. The molecule has 2 bridgehead atoms. The Kier molecular flexibility index (Phi) is 3.05. The summed E-state index contributed by atoms with van der Waals surface area (Å²) in [6, 6.07) is 6.38. The number of benzene rings is 1. The minimum Gasteiger partial charge on any atom is -0.373 e. The molecule has 4 heterocycles. The van der Waals surface area contributed by atoms with Crippen LogP contribution in [0.2, 0.25) is 0 Å². The lowest BCUT2D eigenvalue weighted by atomic mass is 9.81. The number of amides is 2. The molecule has 0 aliphatic carbocycles. The van der Waals surface area contributed by atoms with E-state index in [9.17, 15) is 14.0 Å². The van der Waals surface area contributed by atoms with Gasteiger partial charge in [0.2, 0.25) is 11.8 Å². The Hall–Kier alpha value is -2.61. The van der Waals surface area contributed by atoms with Crippen LogP contribution in [0.25, 0.3) is 0 Å². The van der Waals surface area contributed by atoms with Gasteiger partial charge in [0.15, 0.2) is 0 Å². The molecular weight excluding hydrogens is 327 g/mol. The van der Waals surface area contributed by atoms with Gasteiger partial charge in [0.1, 0.15) is 12.1 Å². The van der Waals surface area contributed by atoms with Crippen molar-refractivity contribution in [2.75, 3.05) is 4.90 Å². The molecule has 2 amide bonds. The van der Waals surface area contributed by atoms with Gasteiger partial charge in [0.25, 0.3) is 5.95 Å². The maximum atomic E-state index is 13.8. The summed E-state index contributed by atoms with van der Waals surface area (Å²) in [7, 11) is 0. The van der Waals surface area contributed by atoms with Crippen molar-refractivity contribution < 1.29 is 18.7 Å². The van der Waals surface area contributed by atoms with Crippen molar-refractivity contribution in [1.82, 2.24) is 14.8 Å². The zero-order chi connectivity index (χ0) is 17.1. The van der Waals surface area contributed by atoms with Gasteiger partial charge in [0, 0.05) is 5.56 Å². The quantitative estimate of drug-likeness (QED) is 0.782. The highest BCUT2D eigenvalue weighted by molar-refractivity contribution is 6.21. The molecule has 3 aliphatic heterocycles. The number of ether oxygens (including phenoxy) is 1. The van der Waals surface area contributed by atoms with E-state index in [2.05, 4.69) is 10.1 Å². The van der Waals surface area contributed by atoms with Crippen LogP contribution < -0.4 is 4.90 Å². The van der Waals surface area contributed by atoms with Crippen LogP contribution in [0.4, 0.5) is 10.3 Å². The van der Waals surface area contributed by atoms with Crippen molar-refractivity contribution in [2.45, 2.75) is 31.6 Å². The van der Waals surface area contributed by atoms with Gasteiger partial charge in [-0.25, -0.2) is 14.0 Å². The topological polar surface area (TPSA) is 77.3 Å². The molecule has 0 saturated carbocycles. The molecule has 0 N–H and O–H groups in total. The number of anilines is 1. The average molecular weight is 342 g/mol. The average Bonchev–Trinajstić information content (AvgIpc) is 3.35. The summed E-state index contributed by atoms with van der Waals surface area (Å²) in [5.74, 6) is -1.68. The van der Waals surface area contributed by atoms with Gasteiger partial charge in [-0.3, -0.25) is 9.59 Å². The summed E-state index contributed by atoms with van der Waals surface area (Å²) >= 11 is 0. The minimum absolute atomic E-state index is 0.0557. The van der Waals surface area contributed by atoms with Gasteiger partial charge >= 0.3 is 0 Å². The molecule has 0 unspecified atom stereocenters. The molecule has 3 fully saturated rings. The van der Waals surface area contributed by atoms with Gasteiger partial charge in [-0.1, -0.05) is 18.2 Å². The zero-order valence-corrected chi connectivity index (χ0v) is 13.2. The normalized spacial score (nSPS) is 30.4. The Balaban J connectivity index is 1.41. The monoisotopic (exact) mass is 342 g/mol. The van der Waals surface area contributed by atoms with Crippen LogP contribution in [-0.2, 0) is 20.9 Å². The van der Waals surface area contributed by atoms with E-state index >= 15 is 0 Å². The van der Waals surface area contributed by atoms with Crippen LogP contribution in [0, 0.1) is 17.7 Å². The third-order valence-electron chi connectivity index (χ3n) is 5.30. The number of aromatic nitrogens is 3. The fourth-order valence-corrected chi connectivity index (χ4v) is 4.17. The number of rotatable bonds is 3. The number of imide groups is 1. The summed E-state index contributed by atoms with van der Waals surface area (Å²) in [6.45, 7) is 0.178. The SMILES string of the molecule is O=C1[C@@H]2[C@@H](C(=O)N1c1ncn(Cc3ccccc3F)n1)[C@H]1CC[C@@H]2O1. The standard InChI is InChI=1S/C17H15FN4O3/c18-10-4-2-1-3-9(10)7-21-8-19-17(20-21)22-15(23)13-11-5-6-12(25-11)14(13)16(22)24/h1-4,8,11-14H,5-7H2/t11-,12+,13-,14-/m0/s1. The van der Waals surface area contributed by atoms with Crippen molar-refractivity contribution in [3.63, 3.8) is 0 Å². The summed E-state index contributed by atoms with van der Waals surface area (Å²) < 4.78 is 20.9. The van der Waals surface area contributed by atoms with E-state index in [-0.39, 0.29) is 42.3 Å². The molecule has 3 aliphatic rings. The van der Waals surface area contributed by atoms with Crippen LogP contribution in [0.5, 0.6) is 0 Å². The number of hydrogen-bond acceptors (Lipinski definition) is 5. The highest BCUT2D eigenvalue weighted by Gasteiger charge is 2.63. The number of fused-ring (bicyclic) bond motifs is 5. The van der Waals surface area contributed by atoms with Gasteiger partial charge in [-0.05, 0) is 18.9 Å². The van der Waals surface area contributed by atoms with Crippen molar-refractivity contribution in [1.29, 1.82) is 0 Å². The van der Waals surface area contributed by atoms with Crippen LogP contribution in [0.3, 0.4) is 0 Å². The lowest BCUT2D eigenvalue weighted by molar-refractivity contribution is -0.124. The first-order chi connectivity index (χ1) is 12.1. The summed E-state index contributed by atoms with van der Waals surface area (Å²) in [5, 5.41) is 4.21. The number of nitrogens with zero attached hydrogens (tertiary/aromatic N) is 4. The predicted octanol–water partition coefficient (Wildman–Crippen LogP) is 1.13. The molecule has 0 spiro atoms. The molecule has 4 atom stereocenters. The third-order valence-corrected chi connectivity index (χ3v) is 5.30. The van der Waals surface area contributed by atoms with Crippen molar-refractivity contribution in [2.24, 2.45) is 11.8 Å². The Morgan fingerprint density at radius 3 is 2.48 bits per heavy atom. The zero-order valence-electron chi connectivity index (χ0n) is 13.2. The molecule has 1 aromatic carbocycles. The van der Waals surface area contributed by atoms with Crippen LogP contribution in [0.1, 0.15) is 18.4 Å². The highest BCUT2D eigenvalue weighted by Crippen LogP contribution is 2.48. The highest BCUT2D eigenvalue weighted by atomic mass is 19.1. The smallest absolute Gasteiger partial charge is 0.258 e. The summed E-state index contributed by atoms with van der Waals surface area (Å²) in [5.41, 5.74) is 0.460. The second-order valence-corrected chi connectivity index (χ2v) is 6.69. The van der Waals surface area contributed by atoms with Crippen LogP contribution in [0.15, 0.2) is 30.6 Å². The molecule has 25 heavy (non-hydrogen) atoms. The van der Waals surface area contributed by atoms with E-state index in [4.69, 9.17) is 4.74 Å². The number of halogens is 1. The molecule has 7 nitrogen and oxygen atoms in total. The third kappa shape index (κ3) is 2.07. The van der Waals surface area contributed by atoms with Gasteiger partial charge in [0.05, 0.1) is 30.6 Å². The van der Waals surface area contributed by atoms with E-state index < -0.39 is 11.8 Å². The van der Waals surface area contributed by atoms with E-state index in [1.165, 1.54) is 17.1 Å². The Morgan fingerprint density at radius 2 is 1.80 bits per heavy atom. The van der Waals surface area contributed by atoms with Crippen molar-refractivity contribution in [3.05, 3.63) is 42.0 Å². The first-order valence-electron chi connectivity index (χ1n) is 8.29. The first-order valence-corrected chi connectivity index (χ1v) is 8.29. The van der Waals surface area contributed by atoms with E-state index in [1.807, 2.05) is 0 Å². The molecule has 5 rings (SSSR count). The van der Waals surface area contributed by atoms with E-state index in [0.717, 1.165) is 17.7 Å².